The SMILES string of the molecule is C1CCC(C2CSCN2)C1. The molecule has 2 fully saturated rings. The molecule has 0 spiro atoms. The summed E-state index contributed by atoms with van der Waals surface area (Å²) in [6, 6.07) is 0.868. The third-order valence-corrected chi connectivity index (χ3v) is 3.68. The molecule has 0 aromatic rings. The molecule has 1 saturated carbocycles. The van der Waals surface area contributed by atoms with Crippen LogP contribution in [0.3, 0.4) is 0 Å². The van der Waals surface area contributed by atoms with Crippen LogP contribution in [-0.4, -0.2) is 17.7 Å². The number of rotatable bonds is 1. The van der Waals surface area contributed by atoms with Crippen LogP contribution in [-0.2, 0) is 0 Å². The zero-order valence-electron chi connectivity index (χ0n) is 6.31. The van der Waals surface area contributed by atoms with Crippen molar-refractivity contribution in [3.8, 4) is 0 Å². The van der Waals surface area contributed by atoms with Crippen molar-refractivity contribution in [3.05, 3.63) is 0 Å². The second-order valence-electron chi connectivity index (χ2n) is 3.37. The fourth-order valence-electron chi connectivity index (χ4n) is 2.07. The standard InChI is InChI=1S/C8H15NS/c1-2-4-7(3-1)8-5-10-6-9-8/h7-9H,1-6H2. The van der Waals surface area contributed by atoms with E-state index in [0.717, 1.165) is 12.0 Å². The van der Waals surface area contributed by atoms with Crippen LogP contribution in [0.5, 0.6) is 0 Å². The highest BCUT2D eigenvalue weighted by Gasteiger charge is 2.26. The van der Waals surface area contributed by atoms with Gasteiger partial charge in [-0.15, -0.1) is 11.8 Å². The summed E-state index contributed by atoms with van der Waals surface area (Å²) >= 11 is 2.06. The van der Waals surface area contributed by atoms with Gasteiger partial charge in [-0.3, -0.25) is 0 Å². The van der Waals surface area contributed by atoms with Crippen molar-refractivity contribution in [2.45, 2.75) is 31.7 Å². The molecule has 2 aliphatic rings. The van der Waals surface area contributed by atoms with E-state index in [0.29, 0.717) is 0 Å². The van der Waals surface area contributed by atoms with Gasteiger partial charge in [0.2, 0.25) is 0 Å². The fraction of sp³-hybridized carbons (Fsp3) is 1.00. The normalized spacial score (nSPS) is 35.4. The topological polar surface area (TPSA) is 12.0 Å². The number of hydrogen-bond acceptors (Lipinski definition) is 2. The lowest BCUT2D eigenvalue weighted by atomic mass is 10.0. The Balaban J connectivity index is 1.85. The average molecular weight is 157 g/mol. The quantitative estimate of drug-likeness (QED) is 0.623. The summed E-state index contributed by atoms with van der Waals surface area (Å²) in [5, 5.41) is 3.56. The van der Waals surface area contributed by atoms with Gasteiger partial charge >= 0.3 is 0 Å². The molecule has 1 aliphatic heterocycles. The van der Waals surface area contributed by atoms with Gasteiger partial charge in [-0.25, -0.2) is 0 Å². The molecule has 1 unspecified atom stereocenters. The third-order valence-electron chi connectivity index (χ3n) is 2.71. The van der Waals surface area contributed by atoms with Crippen molar-refractivity contribution in [2.24, 2.45) is 5.92 Å². The van der Waals surface area contributed by atoms with E-state index >= 15 is 0 Å². The maximum Gasteiger partial charge on any atom is 0.0420 e. The minimum absolute atomic E-state index is 0.868. The summed E-state index contributed by atoms with van der Waals surface area (Å²) in [7, 11) is 0. The molecule has 0 radical (unpaired) electrons. The minimum Gasteiger partial charge on any atom is -0.304 e. The van der Waals surface area contributed by atoms with Crippen LogP contribution in [0.1, 0.15) is 25.7 Å². The largest absolute Gasteiger partial charge is 0.304 e. The zero-order chi connectivity index (χ0) is 6.81. The van der Waals surface area contributed by atoms with Crippen molar-refractivity contribution < 1.29 is 0 Å². The monoisotopic (exact) mass is 157 g/mol. The summed E-state index contributed by atoms with van der Waals surface area (Å²) in [4.78, 5) is 0. The van der Waals surface area contributed by atoms with E-state index in [9.17, 15) is 0 Å². The average Bonchev–Trinajstić information content (AvgIpc) is 2.59. The molecule has 1 saturated heterocycles. The number of thioether (sulfide) groups is 1. The molecular formula is C8H15NS. The van der Waals surface area contributed by atoms with Crippen molar-refractivity contribution >= 4 is 11.8 Å². The Kier molecular flexibility index (Phi) is 2.19. The van der Waals surface area contributed by atoms with Crippen LogP contribution in [0.4, 0.5) is 0 Å². The molecule has 58 valence electrons. The van der Waals surface area contributed by atoms with Gasteiger partial charge < -0.3 is 5.32 Å². The molecule has 2 heteroatoms. The molecule has 10 heavy (non-hydrogen) atoms. The highest BCUT2D eigenvalue weighted by molar-refractivity contribution is 7.99. The Bertz CT molecular complexity index is 89.8. The first-order valence-corrected chi connectivity index (χ1v) is 5.43. The van der Waals surface area contributed by atoms with Gasteiger partial charge in [0.05, 0.1) is 0 Å². The molecule has 2 rings (SSSR count). The first-order chi connectivity index (χ1) is 4.97. The summed E-state index contributed by atoms with van der Waals surface area (Å²) < 4.78 is 0. The first-order valence-electron chi connectivity index (χ1n) is 4.28. The van der Waals surface area contributed by atoms with Crippen LogP contribution in [0, 0.1) is 5.92 Å². The van der Waals surface area contributed by atoms with E-state index in [1.807, 2.05) is 0 Å². The van der Waals surface area contributed by atoms with E-state index in [1.165, 1.54) is 37.3 Å². The van der Waals surface area contributed by atoms with Crippen LogP contribution in [0.25, 0.3) is 0 Å². The Morgan fingerprint density at radius 1 is 1.20 bits per heavy atom. The molecule has 1 nitrogen and oxygen atoms in total. The summed E-state index contributed by atoms with van der Waals surface area (Å²) in [6.45, 7) is 0. The Hall–Kier alpha value is 0.310. The molecular weight excluding hydrogens is 142 g/mol. The molecule has 0 aromatic heterocycles. The lowest BCUT2D eigenvalue weighted by Crippen LogP contribution is -2.30. The molecule has 0 aromatic carbocycles. The van der Waals surface area contributed by atoms with Crippen molar-refractivity contribution in [1.82, 2.24) is 5.32 Å². The van der Waals surface area contributed by atoms with Crippen LogP contribution in [0.2, 0.25) is 0 Å². The van der Waals surface area contributed by atoms with Gasteiger partial charge in [0.15, 0.2) is 0 Å². The molecule has 0 amide bonds. The first kappa shape index (κ1) is 6.99. The van der Waals surface area contributed by atoms with Gasteiger partial charge in [0.1, 0.15) is 0 Å². The van der Waals surface area contributed by atoms with Gasteiger partial charge in [0, 0.05) is 17.7 Å². The van der Waals surface area contributed by atoms with Crippen molar-refractivity contribution in [3.63, 3.8) is 0 Å². The molecule has 0 bridgehead atoms. The van der Waals surface area contributed by atoms with Crippen LogP contribution >= 0.6 is 11.8 Å². The van der Waals surface area contributed by atoms with Gasteiger partial charge in [0.25, 0.3) is 0 Å². The number of nitrogens with one attached hydrogen (secondary N) is 1. The predicted molar refractivity (Wildman–Crippen MR) is 46.2 cm³/mol. The van der Waals surface area contributed by atoms with E-state index < -0.39 is 0 Å². The second kappa shape index (κ2) is 3.14. The molecule has 1 N–H and O–H groups in total. The summed E-state index contributed by atoms with van der Waals surface area (Å²) in [6.07, 6.45) is 5.93. The lowest BCUT2D eigenvalue weighted by molar-refractivity contribution is 0.417. The highest BCUT2D eigenvalue weighted by atomic mass is 32.2. The van der Waals surface area contributed by atoms with Crippen LogP contribution in [0.15, 0.2) is 0 Å². The van der Waals surface area contributed by atoms with Gasteiger partial charge in [-0.1, -0.05) is 12.8 Å². The maximum absolute atomic E-state index is 3.56. The Morgan fingerprint density at radius 2 is 2.00 bits per heavy atom. The van der Waals surface area contributed by atoms with Gasteiger partial charge in [-0.05, 0) is 18.8 Å². The van der Waals surface area contributed by atoms with Crippen molar-refractivity contribution in [2.75, 3.05) is 11.6 Å². The fourth-order valence-corrected chi connectivity index (χ4v) is 3.17. The lowest BCUT2D eigenvalue weighted by Gasteiger charge is -2.16. The van der Waals surface area contributed by atoms with Crippen LogP contribution < -0.4 is 5.32 Å². The van der Waals surface area contributed by atoms with Crippen molar-refractivity contribution in [1.29, 1.82) is 0 Å². The van der Waals surface area contributed by atoms with E-state index in [2.05, 4.69) is 17.1 Å². The zero-order valence-corrected chi connectivity index (χ0v) is 7.12. The van der Waals surface area contributed by atoms with E-state index in [-0.39, 0.29) is 0 Å². The maximum atomic E-state index is 3.56. The highest BCUT2D eigenvalue weighted by Crippen LogP contribution is 2.31. The predicted octanol–water partition coefficient (Wildman–Crippen LogP) is 1.84. The second-order valence-corrected chi connectivity index (χ2v) is 4.40. The Morgan fingerprint density at radius 3 is 2.60 bits per heavy atom. The molecule has 1 heterocycles. The molecule has 1 atom stereocenters. The Labute approximate surface area is 67.0 Å². The minimum atomic E-state index is 0.868. The number of hydrogen-bond donors (Lipinski definition) is 1. The summed E-state index contributed by atoms with van der Waals surface area (Å²) in [5.41, 5.74) is 0. The summed E-state index contributed by atoms with van der Waals surface area (Å²) in [5.74, 6) is 3.58. The smallest absolute Gasteiger partial charge is 0.0420 e. The van der Waals surface area contributed by atoms with Gasteiger partial charge in [-0.2, -0.15) is 0 Å². The van der Waals surface area contributed by atoms with E-state index in [1.54, 1.807) is 0 Å². The third kappa shape index (κ3) is 1.32. The van der Waals surface area contributed by atoms with E-state index in [4.69, 9.17) is 0 Å². The molecule has 1 aliphatic carbocycles.